The van der Waals surface area contributed by atoms with Crippen LogP contribution < -0.4 is 0 Å². The van der Waals surface area contributed by atoms with Crippen LogP contribution >= 0.6 is 0 Å². The molecule has 1 fully saturated rings. The number of benzene rings is 1. The SMILES string of the molecule is CC1CC(=O)N(OCc2ccccc2)C1. The van der Waals surface area contributed by atoms with Gasteiger partial charge in [0.2, 0.25) is 5.91 Å². The van der Waals surface area contributed by atoms with Crippen molar-refractivity contribution in [2.24, 2.45) is 5.92 Å². The summed E-state index contributed by atoms with van der Waals surface area (Å²) in [7, 11) is 0. The van der Waals surface area contributed by atoms with Crippen LogP contribution in [0.25, 0.3) is 0 Å². The summed E-state index contributed by atoms with van der Waals surface area (Å²) in [5, 5.41) is 1.48. The van der Waals surface area contributed by atoms with Gasteiger partial charge in [-0.15, -0.1) is 0 Å². The number of amides is 1. The van der Waals surface area contributed by atoms with Crippen molar-refractivity contribution in [2.75, 3.05) is 6.54 Å². The average molecular weight is 205 g/mol. The van der Waals surface area contributed by atoms with Crippen LogP contribution in [0.4, 0.5) is 0 Å². The lowest BCUT2D eigenvalue weighted by Gasteiger charge is -2.15. The van der Waals surface area contributed by atoms with E-state index >= 15 is 0 Å². The normalized spacial score (nSPS) is 21.0. The van der Waals surface area contributed by atoms with E-state index in [0.29, 0.717) is 25.5 Å². The maximum absolute atomic E-state index is 11.4. The molecule has 1 aromatic carbocycles. The van der Waals surface area contributed by atoms with Crippen LogP contribution in [0.5, 0.6) is 0 Å². The van der Waals surface area contributed by atoms with E-state index in [1.807, 2.05) is 30.3 Å². The quantitative estimate of drug-likeness (QED) is 0.755. The summed E-state index contributed by atoms with van der Waals surface area (Å²) in [6, 6.07) is 9.88. The fourth-order valence-corrected chi connectivity index (χ4v) is 1.70. The minimum Gasteiger partial charge on any atom is -0.273 e. The molecule has 0 spiro atoms. The first-order chi connectivity index (χ1) is 7.25. The molecule has 1 amide bonds. The molecule has 3 heteroatoms. The molecule has 0 bridgehead atoms. The number of carbonyl (C=O) groups excluding carboxylic acids is 1. The molecule has 0 aliphatic carbocycles. The van der Waals surface area contributed by atoms with Gasteiger partial charge in [-0.2, -0.15) is 0 Å². The molecule has 1 atom stereocenters. The Morgan fingerprint density at radius 3 is 2.73 bits per heavy atom. The Morgan fingerprint density at radius 2 is 2.13 bits per heavy atom. The molecule has 15 heavy (non-hydrogen) atoms. The molecule has 0 radical (unpaired) electrons. The zero-order valence-electron chi connectivity index (χ0n) is 8.85. The first kappa shape index (κ1) is 10.2. The van der Waals surface area contributed by atoms with Gasteiger partial charge in [0.1, 0.15) is 6.61 Å². The van der Waals surface area contributed by atoms with Crippen molar-refractivity contribution < 1.29 is 9.63 Å². The van der Waals surface area contributed by atoms with E-state index in [9.17, 15) is 4.79 Å². The molecule has 1 unspecified atom stereocenters. The number of carbonyl (C=O) groups is 1. The maximum atomic E-state index is 11.4. The number of hydrogen-bond donors (Lipinski definition) is 0. The Balaban J connectivity index is 1.86. The van der Waals surface area contributed by atoms with E-state index in [-0.39, 0.29) is 5.91 Å². The maximum Gasteiger partial charge on any atom is 0.246 e. The molecule has 1 saturated heterocycles. The number of nitrogens with zero attached hydrogens (tertiary/aromatic N) is 1. The van der Waals surface area contributed by atoms with Gasteiger partial charge in [0.25, 0.3) is 0 Å². The Hall–Kier alpha value is -1.35. The summed E-state index contributed by atoms with van der Waals surface area (Å²) < 4.78 is 0. The molecule has 3 nitrogen and oxygen atoms in total. The lowest BCUT2D eigenvalue weighted by molar-refractivity contribution is -0.182. The summed E-state index contributed by atoms with van der Waals surface area (Å²) in [4.78, 5) is 16.9. The highest BCUT2D eigenvalue weighted by molar-refractivity contribution is 5.77. The van der Waals surface area contributed by atoms with Crippen molar-refractivity contribution in [1.82, 2.24) is 5.06 Å². The fourth-order valence-electron chi connectivity index (χ4n) is 1.70. The molecule has 1 aliphatic heterocycles. The molecule has 1 aliphatic rings. The van der Waals surface area contributed by atoms with E-state index in [0.717, 1.165) is 5.56 Å². The van der Waals surface area contributed by atoms with Gasteiger partial charge >= 0.3 is 0 Å². The number of hydrogen-bond acceptors (Lipinski definition) is 2. The minimum absolute atomic E-state index is 0.0958. The molecular weight excluding hydrogens is 190 g/mol. The van der Waals surface area contributed by atoms with E-state index in [2.05, 4.69) is 6.92 Å². The number of rotatable bonds is 3. The highest BCUT2D eigenvalue weighted by atomic mass is 16.7. The zero-order valence-corrected chi connectivity index (χ0v) is 8.85. The summed E-state index contributed by atoms with van der Waals surface area (Å²) >= 11 is 0. The Labute approximate surface area is 89.6 Å². The fraction of sp³-hybridized carbons (Fsp3) is 0.417. The van der Waals surface area contributed by atoms with Crippen LogP contribution in [-0.2, 0) is 16.2 Å². The van der Waals surface area contributed by atoms with Gasteiger partial charge in [-0.25, -0.2) is 5.06 Å². The van der Waals surface area contributed by atoms with Crippen LogP contribution in [0.3, 0.4) is 0 Å². The molecule has 2 rings (SSSR count). The van der Waals surface area contributed by atoms with Crippen molar-refractivity contribution in [3.8, 4) is 0 Å². The molecule has 1 heterocycles. The van der Waals surface area contributed by atoms with Crippen molar-refractivity contribution in [1.29, 1.82) is 0 Å². The van der Waals surface area contributed by atoms with Crippen LogP contribution in [0, 0.1) is 5.92 Å². The van der Waals surface area contributed by atoms with Gasteiger partial charge in [-0.3, -0.25) is 9.63 Å². The van der Waals surface area contributed by atoms with Gasteiger partial charge in [0, 0.05) is 6.42 Å². The van der Waals surface area contributed by atoms with Crippen LogP contribution in [0.15, 0.2) is 30.3 Å². The monoisotopic (exact) mass is 205 g/mol. The second-order valence-corrected chi connectivity index (χ2v) is 4.02. The van der Waals surface area contributed by atoms with Crippen molar-refractivity contribution in [3.63, 3.8) is 0 Å². The Morgan fingerprint density at radius 1 is 1.40 bits per heavy atom. The summed E-state index contributed by atoms with van der Waals surface area (Å²) in [5.74, 6) is 0.506. The molecule has 0 N–H and O–H groups in total. The first-order valence-electron chi connectivity index (χ1n) is 5.23. The van der Waals surface area contributed by atoms with Gasteiger partial charge in [-0.05, 0) is 11.5 Å². The topological polar surface area (TPSA) is 29.5 Å². The van der Waals surface area contributed by atoms with Gasteiger partial charge in [0.05, 0.1) is 6.54 Å². The van der Waals surface area contributed by atoms with Crippen LogP contribution in [-0.4, -0.2) is 17.5 Å². The second kappa shape index (κ2) is 4.45. The van der Waals surface area contributed by atoms with Crippen LogP contribution in [0.2, 0.25) is 0 Å². The highest BCUT2D eigenvalue weighted by Crippen LogP contribution is 2.17. The lowest BCUT2D eigenvalue weighted by Crippen LogP contribution is -2.25. The van der Waals surface area contributed by atoms with Gasteiger partial charge in [-0.1, -0.05) is 37.3 Å². The summed E-state index contributed by atoms with van der Waals surface area (Å²) in [6.45, 7) is 3.24. The molecule has 0 saturated carbocycles. The van der Waals surface area contributed by atoms with Gasteiger partial charge < -0.3 is 0 Å². The largest absolute Gasteiger partial charge is 0.273 e. The molecule has 80 valence electrons. The highest BCUT2D eigenvalue weighted by Gasteiger charge is 2.27. The summed E-state index contributed by atoms with van der Waals surface area (Å²) in [5.41, 5.74) is 1.09. The standard InChI is InChI=1S/C12H15NO2/c1-10-7-12(14)13(8-10)15-9-11-5-3-2-4-6-11/h2-6,10H,7-9H2,1H3. The third-order valence-electron chi connectivity index (χ3n) is 2.51. The van der Waals surface area contributed by atoms with E-state index in [1.165, 1.54) is 5.06 Å². The third kappa shape index (κ3) is 2.57. The van der Waals surface area contributed by atoms with Gasteiger partial charge in [0.15, 0.2) is 0 Å². The summed E-state index contributed by atoms with van der Waals surface area (Å²) in [6.07, 6.45) is 0.606. The van der Waals surface area contributed by atoms with E-state index in [4.69, 9.17) is 4.84 Å². The molecular formula is C12H15NO2. The zero-order chi connectivity index (χ0) is 10.7. The van der Waals surface area contributed by atoms with Crippen molar-refractivity contribution in [2.45, 2.75) is 20.0 Å². The number of hydroxylamine groups is 2. The average Bonchev–Trinajstić information content (AvgIpc) is 2.56. The Kier molecular flexibility index (Phi) is 3.02. The second-order valence-electron chi connectivity index (χ2n) is 4.02. The Bertz CT molecular complexity index is 337. The van der Waals surface area contributed by atoms with Crippen molar-refractivity contribution >= 4 is 5.91 Å². The predicted octanol–water partition coefficient (Wildman–Crippen LogP) is 1.99. The van der Waals surface area contributed by atoms with E-state index in [1.54, 1.807) is 0 Å². The van der Waals surface area contributed by atoms with E-state index < -0.39 is 0 Å². The molecule has 1 aromatic rings. The predicted molar refractivity (Wildman–Crippen MR) is 56.7 cm³/mol. The van der Waals surface area contributed by atoms with Crippen LogP contribution in [0.1, 0.15) is 18.9 Å². The molecule has 0 aromatic heterocycles. The first-order valence-corrected chi connectivity index (χ1v) is 5.23. The lowest BCUT2D eigenvalue weighted by atomic mass is 10.2. The smallest absolute Gasteiger partial charge is 0.246 e. The van der Waals surface area contributed by atoms with Crippen molar-refractivity contribution in [3.05, 3.63) is 35.9 Å². The minimum atomic E-state index is 0.0958. The third-order valence-corrected chi connectivity index (χ3v) is 2.51.